The topological polar surface area (TPSA) is 20.2 Å². The summed E-state index contributed by atoms with van der Waals surface area (Å²) < 4.78 is 0. The summed E-state index contributed by atoms with van der Waals surface area (Å²) in [7, 11) is 0. The first-order valence-corrected chi connectivity index (χ1v) is 6.02. The van der Waals surface area contributed by atoms with Crippen molar-refractivity contribution in [3.8, 4) is 0 Å². The second-order valence-corrected chi connectivity index (χ2v) is 4.60. The van der Waals surface area contributed by atoms with Crippen LogP contribution in [0.15, 0.2) is 54.6 Å². The Labute approximate surface area is 103 Å². The van der Waals surface area contributed by atoms with Crippen LogP contribution in [-0.2, 0) is 0 Å². The van der Waals surface area contributed by atoms with Crippen LogP contribution < -0.4 is 0 Å². The molecule has 0 aliphatic rings. The van der Waals surface area contributed by atoms with Crippen LogP contribution in [0.4, 0.5) is 0 Å². The van der Waals surface area contributed by atoms with E-state index in [0.717, 1.165) is 11.1 Å². The lowest BCUT2D eigenvalue weighted by Gasteiger charge is -2.18. The van der Waals surface area contributed by atoms with E-state index in [4.69, 9.17) is 0 Å². The van der Waals surface area contributed by atoms with Crippen LogP contribution in [0.1, 0.15) is 42.6 Å². The van der Waals surface area contributed by atoms with Gasteiger partial charge in [-0.3, -0.25) is 0 Å². The fourth-order valence-corrected chi connectivity index (χ4v) is 2.10. The molecule has 2 aromatic rings. The van der Waals surface area contributed by atoms with Crippen molar-refractivity contribution >= 4 is 0 Å². The number of rotatable bonds is 3. The van der Waals surface area contributed by atoms with Crippen LogP contribution in [0.2, 0.25) is 0 Å². The van der Waals surface area contributed by atoms with Crippen molar-refractivity contribution in [2.24, 2.45) is 0 Å². The van der Waals surface area contributed by atoms with E-state index in [1.807, 2.05) is 48.5 Å². The normalized spacial score (nSPS) is 12.7. The molecular weight excluding hydrogens is 208 g/mol. The number of hydrogen-bond acceptors (Lipinski definition) is 1. The maximum Gasteiger partial charge on any atom is 0.104 e. The minimum atomic E-state index is -0.533. The van der Waals surface area contributed by atoms with Crippen molar-refractivity contribution in [1.29, 1.82) is 0 Å². The fraction of sp³-hybridized carbons (Fsp3) is 0.250. The molecule has 17 heavy (non-hydrogen) atoms. The third-order valence-electron chi connectivity index (χ3n) is 3.03. The van der Waals surface area contributed by atoms with Crippen LogP contribution in [0.25, 0.3) is 0 Å². The lowest BCUT2D eigenvalue weighted by Crippen LogP contribution is -2.04. The molecule has 0 radical (unpaired) electrons. The zero-order valence-electron chi connectivity index (χ0n) is 10.3. The van der Waals surface area contributed by atoms with Crippen molar-refractivity contribution in [2.45, 2.75) is 25.9 Å². The van der Waals surface area contributed by atoms with Crippen LogP contribution >= 0.6 is 0 Å². The Hall–Kier alpha value is -1.60. The van der Waals surface area contributed by atoms with Crippen molar-refractivity contribution in [3.63, 3.8) is 0 Å². The average molecular weight is 226 g/mol. The molecule has 0 saturated heterocycles. The minimum absolute atomic E-state index is 0.421. The molecule has 0 amide bonds. The standard InChI is InChI=1S/C16H18O/c1-12(2)14-10-6-7-11-15(14)16(17)13-8-4-3-5-9-13/h3-12,16-17H,1-2H3. The molecule has 2 aromatic carbocycles. The Morgan fingerprint density at radius 1 is 0.765 bits per heavy atom. The Morgan fingerprint density at radius 2 is 1.29 bits per heavy atom. The monoisotopic (exact) mass is 226 g/mol. The summed E-state index contributed by atoms with van der Waals surface area (Å²) in [6, 6.07) is 17.9. The van der Waals surface area contributed by atoms with Gasteiger partial charge in [0.1, 0.15) is 6.10 Å². The summed E-state index contributed by atoms with van der Waals surface area (Å²) in [5.41, 5.74) is 3.16. The molecule has 2 rings (SSSR count). The molecule has 1 nitrogen and oxygen atoms in total. The summed E-state index contributed by atoms with van der Waals surface area (Å²) in [5.74, 6) is 0.421. The molecule has 0 aromatic heterocycles. The molecule has 0 aliphatic carbocycles. The van der Waals surface area contributed by atoms with E-state index in [0.29, 0.717) is 5.92 Å². The van der Waals surface area contributed by atoms with Crippen LogP contribution in [0.3, 0.4) is 0 Å². The van der Waals surface area contributed by atoms with E-state index in [-0.39, 0.29) is 0 Å². The summed E-state index contributed by atoms with van der Waals surface area (Å²) >= 11 is 0. The summed E-state index contributed by atoms with van der Waals surface area (Å²) in [5, 5.41) is 10.4. The predicted octanol–water partition coefficient (Wildman–Crippen LogP) is 3.89. The van der Waals surface area contributed by atoms with Gasteiger partial charge < -0.3 is 5.11 Å². The van der Waals surface area contributed by atoms with Gasteiger partial charge in [-0.25, -0.2) is 0 Å². The Bertz CT molecular complexity index is 474. The van der Waals surface area contributed by atoms with Gasteiger partial charge in [0.05, 0.1) is 0 Å². The number of aliphatic hydroxyl groups is 1. The Kier molecular flexibility index (Phi) is 3.60. The Balaban J connectivity index is 2.41. The fourth-order valence-electron chi connectivity index (χ4n) is 2.10. The maximum absolute atomic E-state index is 10.4. The molecule has 1 atom stereocenters. The van der Waals surface area contributed by atoms with Gasteiger partial charge >= 0.3 is 0 Å². The van der Waals surface area contributed by atoms with Crippen molar-refractivity contribution in [2.75, 3.05) is 0 Å². The van der Waals surface area contributed by atoms with Gasteiger partial charge in [0.15, 0.2) is 0 Å². The summed E-state index contributed by atoms with van der Waals surface area (Å²) in [4.78, 5) is 0. The number of hydrogen-bond donors (Lipinski definition) is 1. The van der Waals surface area contributed by atoms with Crippen molar-refractivity contribution in [1.82, 2.24) is 0 Å². The van der Waals surface area contributed by atoms with Gasteiger partial charge in [-0.2, -0.15) is 0 Å². The first-order chi connectivity index (χ1) is 8.20. The van der Waals surface area contributed by atoms with Crippen molar-refractivity contribution < 1.29 is 5.11 Å². The van der Waals surface area contributed by atoms with Gasteiger partial charge in [-0.15, -0.1) is 0 Å². The van der Waals surface area contributed by atoms with Crippen LogP contribution in [0.5, 0.6) is 0 Å². The second kappa shape index (κ2) is 5.15. The van der Waals surface area contributed by atoms with E-state index in [1.54, 1.807) is 0 Å². The third kappa shape index (κ3) is 2.56. The largest absolute Gasteiger partial charge is 0.384 e. The third-order valence-corrected chi connectivity index (χ3v) is 3.03. The Morgan fingerprint density at radius 3 is 1.88 bits per heavy atom. The second-order valence-electron chi connectivity index (χ2n) is 4.60. The highest BCUT2D eigenvalue weighted by atomic mass is 16.3. The van der Waals surface area contributed by atoms with E-state index < -0.39 is 6.10 Å². The molecule has 1 unspecified atom stereocenters. The zero-order valence-corrected chi connectivity index (χ0v) is 10.3. The lowest BCUT2D eigenvalue weighted by atomic mass is 9.91. The first-order valence-electron chi connectivity index (χ1n) is 6.02. The highest BCUT2D eigenvalue weighted by Crippen LogP contribution is 2.28. The van der Waals surface area contributed by atoms with Gasteiger partial charge in [-0.1, -0.05) is 68.4 Å². The van der Waals surface area contributed by atoms with Gasteiger partial charge in [0.25, 0.3) is 0 Å². The smallest absolute Gasteiger partial charge is 0.104 e. The predicted molar refractivity (Wildman–Crippen MR) is 71.0 cm³/mol. The summed E-state index contributed by atoms with van der Waals surface area (Å²) in [6.45, 7) is 4.30. The van der Waals surface area contributed by atoms with E-state index in [1.165, 1.54) is 5.56 Å². The highest BCUT2D eigenvalue weighted by Gasteiger charge is 2.15. The first kappa shape index (κ1) is 11.9. The molecule has 0 heterocycles. The molecule has 0 spiro atoms. The summed E-state index contributed by atoms with van der Waals surface area (Å²) in [6.07, 6.45) is -0.533. The minimum Gasteiger partial charge on any atom is -0.384 e. The van der Waals surface area contributed by atoms with Gasteiger partial charge in [-0.05, 0) is 22.6 Å². The van der Waals surface area contributed by atoms with E-state index >= 15 is 0 Å². The molecule has 0 fully saturated rings. The van der Waals surface area contributed by atoms with Crippen LogP contribution in [-0.4, -0.2) is 5.11 Å². The number of benzene rings is 2. The van der Waals surface area contributed by atoms with E-state index in [2.05, 4.69) is 19.9 Å². The molecule has 88 valence electrons. The van der Waals surface area contributed by atoms with Gasteiger partial charge in [0.2, 0.25) is 0 Å². The SMILES string of the molecule is CC(C)c1ccccc1C(O)c1ccccc1. The highest BCUT2D eigenvalue weighted by molar-refractivity contribution is 5.37. The quantitative estimate of drug-likeness (QED) is 0.841. The number of aliphatic hydroxyl groups excluding tert-OH is 1. The van der Waals surface area contributed by atoms with Gasteiger partial charge in [0, 0.05) is 0 Å². The maximum atomic E-state index is 10.4. The van der Waals surface area contributed by atoms with Crippen molar-refractivity contribution in [3.05, 3.63) is 71.3 Å². The molecule has 1 N–H and O–H groups in total. The lowest BCUT2D eigenvalue weighted by molar-refractivity contribution is 0.219. The average Bonchev–Trinajstić information content (AvgIpc) is 2.39. The van der Waals surface area contributed by atoms with E-state index in [9.17, 15) is 5.11 Å². The molecule has 1 heteroatoms. The molecule has 0 saturated carbocycles. The molecule has 0 bridgehead atoms. The van der Waals surface area contributed by atoms with Crippen LogP contribution in [0, 0.1) is 0 Å². The zero-order chi connectivity index (χ0) is 12.3. The molecule has 0 aliphatic heterocycles. The molecular formula is C16H18O.